The van der Waals surface area contributed by atoms with Crippen molar-refractivity contribution in [3.63, 3.8) is 0 Å². The lowest BCUT2D eigenvalue weighted by Gasteiger charge is -2.36. The lowest BCUT2D eigenvalue weighted by Crippen LogP contribution is -2.50. The number of nitriles is 1. The van der Waals surface area contributed by atoms with Crippen LogP contribution in [0, 0.1) is 11.3 Å². The molecule has 0 aliphatic carbocycles. The Kier molecular flexibility index (Phi) is 6.40. The number of amides is 3. The van der Waals surface area contributed by atoms with Crippen LogP contribution in [0.2, 0.25) is 0 Å². The van der Waals surface area contributed by atoms with Gasteiger partial charge < -0.3 is 5.32 Å². The minimum absolute atomic E-state index is 0.0832. The predicted octanol–water partition coefficient (Wildman–Crippen LogP) is 5.44. The van der Waals surface area contributed by atoms with Gasteiger partial charge in [0, 0.05) is 11.6 Å². The van der Waals surface area contributed by atoms with E-state index in [0.29, 0.717) is 16.7 Å². The van der Waals surface area contributed by atoms with E-state index in [-0.39, 0.29) is 23.6 Å². The Morgan fingerprint density at radius 2 is 1.84 bits per heavy atom. The average molecular weight is 441 g/mol. The zero-order chi connectivity index (χ0) is 23.6. The molecule has 5 nitrogen and oxygen atoms in total. The highest BCUT2D eigenvalue weighted by atomic mass is 19.4. The van der Waals surface area contributed by atoms with Crippen molar-refractivity contribution in [2.24, 2.45) is 0 Å². The lowest BCUT2D eigenvalue weighted by molar-refractivity contribution is -0.137. The van der Waals surface area contributed by atoms with Crippen LogP contribution >= 0.6 is 0 Å². The molecule has 1 aliphatic heterocycles. The number of hydrogen-bond donors (Lipinski definition) is 1. The largest absolute Gasteiger partial charge is 0.416 e. The molecule has 8 heteroatoms. The molecule has 0 spiro atoms. The molecule has 1 atom stereocenters. The van der Waals surface area contributed by atoms with Crippen molar-refractivity contribution in [1.29, 1.82) is 5.26 Å². The van der Waals surface area contributed by atoms with E-state index < -0.39 is 29.7 Å². The Hall–Kier alpha value is -3.60. The first kappa shape index (κ1) is 23.1. The smallest absolute Gasteiger partial charge is 0.335 e. The molecule has 0 unspecified atom stereocenters. The number of urea groups is 1. The van der Waals surface area contributed by atoms with E-state index in [1.165, 1.54) is 12.1 Å². The number of halogens is 3. The Morgan fingerprint density at radius 1 is 1.19 bits per heavy atom. The summed E-state index contributed by atoms with van der Waals surface area (Å²) in [5.74, 6) is -0.666. The van der Waals surface area contributed by atoms with Gasteiger partial charge in [0.05, 0.1) is 23.2 Å². The third kappa shape index (κ3) is 4.67. The minimum atomic E-state index is -4.55. The van der Waals surface area contributed by atoms with Crippen LogP contribution < -0.4 is 5.32 Å². The van der Waals surface area contributed by atoms with Gasteiger partial charge >= 0.3 is 12.2 Å². The maximum atomic E-state index is 13.5. The van der Waals surface area contributed by atoms with E-state index in [4.69, 9.17) is 5.26 Å². The molecule has 0 bridgehead atoms. The third-order valence-electron chi connectivity index (χ3n) is 5.20. The predicted molar refractivity (Wildman–Crippen MR) is 113 cm³/mol. The summed E-state index contributed by atoms with van der Waals surface area (Å²) in [4.78, 5) is 27.5. The standard InChI is InChI=1S/C24H22F3N3O2/c1-14(2)29-23(32)30-20(17-9-7-16(13-28)8-10-17)11-15(3)21(22(30)31)18-5-4-6-19(12-18)24(25,26)27/h4-10,12,14,20H,11H2,1-3H3,(H,29,32)/t20-/m0/s1. The van der Waals surface area contributed by atoms with Crippen molar-refractivity contribution in [3.05, 3.63) is 76.4 Å². The van der Waals surface area contributed by atoms with Crippen LogP contribution in [-0.2, 0) is 11.0 Å². The monoisotopic (exact) mass is 441 g/mol. The van der Waals surface area contributed by atoms with Gasteiger partial charge in [0.25, 0.3) is 5.91 Å². The normalized spacial score (nSPS) is 16.9. The first-order chi connectivity index (χ1) is 15.0. The molecule has 1 aliphatic rings. The number of nitrogens with one attached hydrogen (secondary N) is 1. The van der Waals surface area contributed by atoms with Crippen molar-refractivity contribution in [3.8, 4) is 6.07 Å². The van der Waals surface area contributed by atoms with Crippen molar-refractivity contribution >= 4 is 17.5 Å². The molecule has 2 aromatic carbocycles. The van der Waals surface area contributed by atoms with Crippen molar-refractivity contribution in [1.82, 2.24) is 10.2 Å². The number of carbonyl (C=O) groups is 2. The number of hydrogen-bond acceptors (Lipinski definition) is 3. The fraction of sp³-hybridized carbons (Fsp3) is 0.292. The van der Waals surface area contributed by atoms with Crippen LogP contribution in [0.15, 0.2) is 54.1 Å². The Bertz CT molecular complexity index is 1110. The van der Waals surface area contributed by atoms with E-state index in [1.54, 1.807) is 45.0 Å². The zero-order valence-electron chi connectivity index (χ0n) is 17.8. The average Bonchev–Trinajstić information content (AvgIpc) is 2.72. The first-order valence-electron chi connectivity index (χ1n) is 10.0. The zero-order valence-corrected chi connectivity index (χ0v) is 17.8. The molecule has 1 N–H and O–H groups in total. The molecule has 0 aromatic heterocycles. The van der Waals surface area contributed by atoms with Gasteiger partial charge in [-0.3, -0.25) is 9.69 Å². The van der Waals surface area contributed by atoms with Gasteiger partial charge in [0.15, 0.2) is 0 Å². The molecule has 0 saturated heterocycles. The Morgan fingerprint density at radius 3 is 2.41 bits per heavy atom. The van der Waals surface area contributed by atoms with E-state index in [0.717, 1.165) is 17.0 Å². The van der Waals surface area contributed by atoms with Gasteiger partial charge in [0.2, 0.25) is 0 Å². The van der Waals surface area contributed by atoms with E-state index >= 15 is 0 Å². The molecule has 2 aromatic rings. The molecule has 1 heterocycles. The maximum absolute atomic E-state index is 13.5. The highest BCUT2D eigenvalue weighted by molar-refractivity contribution is 6.25. The van der Waals surface area contributed by atoms with Gasteiger partial charge in [-0.25, -0.2) is 4.79 Å². The lowest BCUT2D eigenvalue weighted by atomic mass is 9.86. The number of nitrogens with zero attached hydrogens (tertiary/aromatic N) is 2. The molecule has 166 valence electrons. The number of rotatable bonds is 3. The fourth-order valence-electron chi connectivity index (χ4n) is 3.75. The van der Waals surface area contributed by atoms with Gasteiger partial charge in [-0.15, -0.1) is 0 Å². The summed E-state index contributed by atoms with van der Waals surface area (Å²) in [5, 5.41) is 11.7. The highest BCUT2D eigenvalue weighted by Crippen LogP contribution is 2.40. The number of alkyl halides is 3. The minimum Gasteiger partial charge on any atom is -0.335 e. The van der Waals surface area contributed by atoms with Crippen molar-refractivity contribution < 1.29 is 22.8 Å². The van der Waals surface area contributed by atoms with Crippen molar-refractivity contribution in [2.45, 2.75) is 45.5 Å². The van der Waals surface area contributed by atoms with Crippen LogP contribution in [0.1, 0.15) is 55.5 Å². The number of benzene rings is 2. The highest BCUT2D eigenvalue weighted by Gasteiger charge is 2.39. The third-order valence-corrected chi connectivity index (χ3v) is 5.20. The van der Waals surface area contributed by atoms with Crippen LogP contribution in [-0.4, -0.2) is 22.9 Å². The second kappa shape index (κ2) is 8.87. The molecule has 3 amide bonds. The van der Waals surface area contributed by atoms with Crippen LogP contribution in [0.3, 0.4) is 0 Å². The van der Waals surface area contributed by atoms with Crippen LogP contribution in [0.4, 0.5) is 18.0 Å². The van der Waals surface area contributed by atoms with Crippen LogP contribution in [0.25, 0.3) is 5.57 Å². The summed E-state index contributed by atoms with van der Waals surface area (Å²) in [5.41, 5.74) is 1.00. The fourth-order valence-corrected chi connectivity index (χ4v) is 3.75. The molecule has 32 heavy (non-hydrogen) atoms. The van der Waals surface area contributed by atoms with E-state index in [1.807, 2.05) is 6.07 Å². The van der Waals surface area contributed by atoms with Crippen LogP contribution in [0.5, 0.6) is 0 Å². The van der Waals surface area contributed by atoms with Crippen molar-refractivity contribution in [2.75, 3.05) is 0 Å². The molecular formula is C24H22F3N3O2. The second-order valence-corrected chi connectivity index (χ2v) is 7.97. The maximum Gasteiger partial charge on any atom is 0.416 e. The quantitative estimate of drug-likeness (QED) is 0.689. The van der Waals surface area contributed by atoms with Gasteiger partial charge in [0.1, 0.15) is 0 Å². The summed E-state index contributed by atoms with van der Waals surface area (Å²) in [6, 6.07) is 11.6. The molecule has 3 rings (SSSR count). The SMILES string of the molecule is CC1=C(c2cccc(C(F)(F)F)c2)C(=O)N(C(=O)NC(C)C)[C@H](c2ccc(C#N)cc2)C1. The number of imide groups is 1. The van der Waals surface area contributed by atoms with E-state index in [2.05, 4.69) is 5.32 Å². The van der Waals surface area contributed by atoms with Gasteiger partial charge in [-0.1, -0.05) is 29.8 Å². The Balaban J connectivity index is 2.10. The summed E-state index contributed by atoms with van der Waals surface area (Å²) >= 11 is 0. The molecule has 0 fully saturated rings. The molecule has 0 saturated carbocycles. The molecule has 0 radical (unpaired) electrons. The topological polar surface area (TPSA) is 73.2 Å². The van der Waals surface area contributed by atoms with Gasteiger partial charge in [-0.2, -0.15) is 18.4 Å². The summed E-state index contributed by atoms with van der Waals surface area (Å²) in [6.45, 7) is 5.18. The molecular weight excluding hydrogens is 419 g/mol. The Labute approximate surface area is 184 Å². The van der Waals surface area contributed by atoms with Gasteiger partial charge in [-0.05, 0) is 62.6 Å². The first-order valence-corrected chi connectivity index (χ1v) is 10.0. The van der Waals surface area contributed by atoms with E-state index in [9.17, 15) is 22.8 Å². The summed E-state index contributed by atoms with van der Waals surface area (Å²) < 4.78 is 39.7. The summed E-state index contributed by atoms with van der Waals surface area (Å²) in [7, 11) is 0. The number of carbonyl (C=O) groups excluding carboxylic acids is 2. The second-order valence-electron chi connectivity index (χ2n) is 7.97. The summed E-state index contributed by atoms with van der Waals surface area (Å²) in [6.07, 6.45) is -4.29.